The number of hydrogen-bond acceptors (Lipinski definition) is 9. The lowest BCUT2D eigenvalue weighted by Crippen LogP contribution is -2.18. The molecule has 4 rings (SSSR count). The van der Waals surface area contributed by atoms with Crippen LogP contribution in [0, 0.1) is 6.92 Å². The molecule has 13 heteroatoms. The predicted molar refractivity (Wildman–Crippen MR) is 142 cm³/mol. The second-order valence-corrected chi connectivity index (χ2v) is 10.4. The minimum atomic E-state index is -4.04. The summed E-state index contributed by atoms with van der Waals surface area (Å²) in [6.07, 6.45) is 0. The van der Waals surface area contributed by atoms with E-state index in [4.69, 9.17) is 19.7 Å². The summed E-state index contributed by atoms with van der Waals surface area (Å²) in [5.41, 5.74) is 7.19. The monoisotopic (exact) mass is 594 g/mol. The third-order valence-corrected chi connectivity index (χ3v) is 7.96. The van der Waals surface area contributed by atoms with Crippen LogP contribution in [-0.4, -0.2) is 33.7 Å². The van der Waals surface area contributed by atoms with Crippen molar-refractivity contribution in [1.82, 2.24) is 5.16 Å². The number of sulfonamides is 1. The van der Waals surface area contributed by atoms with Crippen molar-refractivity contribution in [3.8, 4) is 11.5 Å². The number of aryl methyl sites for hydroxylation is 1. The molecule has 1 amide bonds. The molecule has 4 aromatic rings. The van der Waals surface area contributed by atoms with E-state index in [0.29, 0.717) is 21.6 Å². The summed E-state index contributed by atoms with van der Waals surface area (Å²) in [5, 5.41) is 7.87. The van der Waals surface area contributed by atoms with Crippen molar-refractivity contribution in [1.29, 1.82) is 0 Å². The zero-order valence-corrected chi connectivity index (χ0v) is 22.7. The van der Waals surface area contributed by atoms with Crippen LogP contribution in [0.3, 0.4) is 0 Å². The Kier molecular flexibility index (Phi) is 8.96. The second kappa shape index (κ2) is 11.9. The molecule has 2 heterocycles. The van der Waals surface area contributed by atoms with Crippen LogP contribution in [0.1, 0.15) is 15.4 Å². The Balaban J connectivity index is 0.000000338. The maximum Gasteiger partial charge on any atom is 0.267 e. The van der Waals surface area contributed by atoms with Crippen molar-refractivity contribution in [3.63, 3.8) is 0 Å². The Hall–Kier alpha value is -3.55. The van der Waals surface area contributed by atoms with Crippen LogP contribution in [0.4, 0.5) is 17.3 Å². The quantitative estimate of drug-likeness (QED) is 0.249. The zero-order chi connectivity index (χ0) is 26.3. The van der Waals surface area contributed by atoms with E-state index in [-0.39, 0.29) is 15.7 Å². The Morgan fingerprint density at radius 1 is 1.03 bits per heavy atom. The lowest BCUT2D eigenvalue weighted by molar-refractivity contribution is 0.102. The van der Waals surface area contributed by atoms with Crippen LogP contribution in [0.2, 0.25) is 0 Å². The summed E-state index contributed by atoms with van der Waals surface area (Å²) in [7, 11) is -0.872. The molecule has 0 atom stereocenters. The molecule has 0 spiro atoms. The number of aromatic nitrogens is 1. The third kappa shape index (κ3) is 6.77. The number of nitrogens with zero attached hydrogens (tertiary/aromatic N) is 1. The van der Waals surface area contributed by atoms with E-state index in [1.807, 2.05) is 12.1 Å². The van der Waals surface area contributed by atoms with Crippen LogP contribution in [-0.2, 0) is 10.0 Å². The molecule has 0 fully saturated rings. The molecule has 0 saturated carbocycles. The van der Waals surface area contributed by atoms with Crippen molar-refractivity contribution >= 4 is 60.5 Å². The standard InChI is InChI=1S/C16H14BrN3O5S2.C7H9NO/c1-9-13(17)16(25-19-9)20-27(22,23)12-7-8-26-14(12)15(21)18-10-3-5-11(24-2)6-4-10;1-9-7-4-2-6(8)3-5-7/h3-8,20H,1-2H3,(H,18,21);2-5H,8H2,1H3. The Morgan fingerprint density at radius 2 is 1.61 bits per heavy atom. The molecule has 0 aliphatic rings. The van der Waals surface area contributed by atoms with Gasteiger partial charge in [-0.3, -0.25) is 4.79 Å². The van der Waals surface area contributed by atoms with Crippen molar-refractivity contribution in [2.24, 2.45) is 0 Å². The molecule has 0 aliphatic carbocycles. The summed E-state index contributed by atoms with van der Waals surface area (Å²) in [6.45, 7) is 1.66. The van der Waals surface area contributed by atoms with Crippen molar-refractivity contribution < 1.29 is 27.2 Å². The van der Waals surface area contributed by atoms with E-state index in [9.17, 15) is 13.2 Å². The Morgan fingerprint density at radius 3 is 2.14 bits per heavy atom. The van der Waals surface area contributed by atoms with Crippen molar-refractivity contribution in [2.75, 3.05) is 30.0 Å². The molecule has 36 heavy (non-hydrogen) atoms. The van der Waals surface area contributed by atoms with Crippen LogP contribution in [0.25, 0.3) is 0 Å². The molecule has 2 aromatic carbocycles. The number of nitrogens with one attached hydrogen (secondary N) is 2. The normalized spacial score (nSPS) is 10.7. The number of hydrogen-bond donors (Lipinski definition) is 3. The highest BCUT2D eigenvalue weighted by Crippen LogP contribution is 2.30. The molecule has 190 valence electrons. The molecule has 0 radical (unpaired) electrons. The average molecular weight is 595 g/mol. The summed E-state index contributed by atoms with van der Waals surface area (Å²) in [5.74, 6) is 0.886. The van der Waals surface area contributed by atoms with Crippen LogP contribution in [0.5, 0.6) is 11.5 Å². The minimum absolute atomic E-state index is 0.0469. The van der Waals surface area contributed by atoms with Gasteiger partial charge in [0.05, 0.1) is 19.9 Å². The third-order valence-electron chi connectivity index (χ3n) is 4.61. The number of rotatable bonds is 7. The van der Waals surface area contributed by atoms with Gasteiger partial charge in [0.2, 0.25) is 0 Å². The molecule has 0 unspecified atom stereocenters. The first kappa shape index (κ1) is 27.0. The number of amides is 1. The van der Waals surface area contributed by atoms with E-state index in [2.05, 4.69) is 31.1 Å². The van der Waals surface area contributed by atoms with Gasteiger partial charge in [-0.25, -0.2) is 13.1 Å². The van der Waals surface area contributed by atoms with E-state index in [1.165, 1.54) is 18.6 Å². The van der Waals surface area contributed by atoms with Gasteiger partial charge < -0.3 is 25.0 Å². The van der Waals surface area contributed by atoms with Gasteiger partial charge in [0.1, 0.15) is 25.7 Å². The number of methoxy groups -OCH3 is 2. The van der Waals surface area contributed by atoms with Gasteiger partial charge in [-0.05, 0) is 82.8 Å². The maximum absolute atomic E-state index is 12.7. The number of nitrogen functional groups attached to an aromatic ring is 1. The number of benzene rings is 2. The summed E-state index contributed by atoms with van der Waals surface area (Å²) < 4.78 is 43.0. The number of halogens is 1. The lowest BCUT2D eigenvalue weighted by atomic mass is 10.3. The first-order chi connectivity index (χ1) is 17.1. The largest absolute Gasteiger partial charge is 0.497 e. The smallest absolute Gasteiger partial charge is 0.267 e. The highest BCUT2D eigenvalue weighted by atomic mass is 79.9. The highest BCUT2D eigenvalue weighted by Gasteiger charge is 2.26. The van der Waals surface area contributed by atoms with Crippen LogP contribution in [0.15, 0.2) is 73.9 Å². The fourth-order valence-electron chi connectivity index (χ4n) is 2.74. The number of ether oxygens (including phenoxy) is 2. The zero-order valence-electron chi connectivity index (χ0n) is 19.4. The highest BCUT2D eigenvalue weighted by molar-refractivity contribution is 9.10. The molecular formula is C23H23BrN4O6S2. The lowest BCUT2D eigenvalue weighted by Gasteiger charge is -2.08. The second-order valence-electron chi connectivity index (χ2n) is 7.09. The summed E-state index contributed by atoms with van der Waals surface area (Å²) in [6, 6.07) is 15.3. The van der Waals surface area contributed by atoms with E-state index >= 15 is 0 Å². The van der Waals surface area contributed by atoms with Crippen LogP contribution >= 0.6 is 27.3 Å². The van der Waals surface area contributed by atoms with Gasteiger partial charge in [-0.2, -0.15) is 0 Å². The predicted octanol–water partition coefficient (Wildman–Crippen LogP) is 5.15. The molecule has 10 nitrogen and oxygen atoms in total. The minimum Gasteiger partial charge on any atom is -0.497 e. The molecule has 2 aromatic heterocycles. The number of nitrogens with two attached hydrogens (primary N) is 1. The van der Waals surface area contributed by atoms with Gasteiger partial charge in [0.25, 0.3) is 21.8 Å². The van der Waals surface area contributed by atoms with Gasteiger partial charge in [0.15, 0.2) is 0 Å². The van der Waals surface area contributed by atoms with E-state index < -0.39 is 15.9 Å². The number of anilines is 3. The fraction of sp³-hybridized carbons (Fsp3) is 0.130. The number of thiophene rings is 1. The van der Waals surface area contributed by atoms with Gasteiger partial charge in [-0.1, -0.05) is 5.16 Å². The first-order valence-electron chi connectivity index (χ1n) is 10.2. The topological polar surface area (TPSA) is 146 Å². The van der Waals surface area contributed by atoms with Gasteiger partial charge >= 0.3 is 0 Å². The molecule has 4 N–H and O–H groups in total. The molecule has 0 saturated heterocycles. The van der Waals surface area contributed by atoms with E-state index in [0.717, 1.165) is 22.8 Å². The Labute approximate surface area is 220 Å². The molecular weight excluding hydrogens is 572 g/mol. The summed E-state index contributed by atoms with van der Waals surface area (Å²) >= 11 is 4.22. The Bertz CT molecular complexity index is 1420. The molecule has 0 aliphatic heterocycles. The van der Waals surface area contributed by atoms with Crippen molar-refractivity contribution in [2.45, 2.75) is 11.8 Å². The average Bonchev–Trinajstić information content (AvgIpc) is 3.49. The van der Waals surface area contributed by atoms with E-state index in [1.54, 1.807) is 50.4 Å². The maximum atomic E-state index is 12.7. The fourth-order valence-corrected chi connectivity index (χ4v) is 5.43. The first-order valence-corrected chi connectivity index (χ1v) is 13.4. The van der Waals surface area contributed by atoms with Crippen molar-refractivity contribution in [3.05, 3.63) is 75.0 Å². The number of carbonyl (C=O) groups is 1. The number of carbonyl (C=O) groups excluding carboxylic acids is 1. The summed E-state index contributed by atoms with van der Waals surface area (Å²) in [4.78, 5) is 12.4. The van der Waals surface area contributed by atoms with Gasteiger partial charge in [-0.15, -0.1) is 11.3 Å². The van der Waals surface area contributed by atoms with Crippen LogP contribution < -0.4 is 25.2 Å². The van der Waals surface area contributed by atoms with Gasteiger partial charge in [0, 0.05) is 11.4 Å². The SMILES string of the molecule is COc1ccc(N)cc1.COc1ccc(NC(=O)c2sccc2S(=O)(=O)Nc2onc(C)c2Br)cc1. The molecule has 0 bridgehead atoms.